The number of carbonyl (C=O) groups is 1. The lowest BCUT2D eigenvalue weighted by atomic mass is 10.1. The Kier molecular flexibility index (Phi) is 4.76. The van der Waals surface area contributed by atoms with E-state index in [2.05, 4.69) is 10.6 Å². The number of ether oxygens (including phenoxy) is 1. The third-order valence-corrected chi connectivity index (χ3v) is 3.32. The molecule has 2 fully saturated rings. The van der Waals surface area contributed by atoms with Crippen LogP contribution < -0.4 is 16.4 Å². The van der Waals surface area contributed by atoms with Gasteiger partial charge in [0, 0.05) is 38.2 Å². The molecule has 1 aliphatic carbocycles. The van der Waals surface area contributed by atoms with E-state index < -0.39 is 0 Å². The average Bonchev–Trinajstić information content (AvgIpc) is 2.97. The molecule has 0 aromatic heterocycles. The molecule has 0 bridgehead atoms. The van der Waals surface area contributed by atoms with Crippen LogP contribution in [0.15, 0.2) is 0 Å². The van der Waals surface area contributed by atoms with Crippen LogP contribution in [0, 0.1) is 0 Å². The second kappa shape index (κ2) is 6.33. The summed E-state index contributed by atoms with van der Waals surface area (Å²) in [5.41, 5.74) is 5.67. The van der Waals surface area contributed by atoms with Gasteiger partial charge in [0.15, 0.2) is 0 Å². The van der Waals surface area contributed by atoms with Crippen LogP contribution in [0.3, 0.4) is 0 Å². The fraction of sp³-hybridized carbons (Fsp3) is 0.917. The Morgan fingerprint density at radius 1 is 1.41 bits per heavy atom. The molecular weight excluding hydrogens is 218 g/mol. The van der Waals surface area contributed by atoms with Crippen LogP contribution in [-0.2, 0) is 9.53 Å². The first-order valence-corrected chi connectivity index (χ1v) is 6.62. The number of hydrogen-bond acceptors (Lipinski definition) is 4. The van der Waals surface area contributed by atoms with Crippen LogP contribution in [0.4, 0.5) is 0 Å². The van der Waals surface area contributed by atoms with Crippen molar-refractivity contribution < 1.29 is 9.53 Å². The van der Waals surface area contributed by atoms with Crippen molar-refractivity contribution in [2.24, 2.45) is 5.73 Å². The maximum atomic E-state index is 11.6. The van der Waals surface area contributed by atoms with Crippen molar-refractivity contribution in [2.75, 3.05) is 19.7 Å². The quantitative estimate of drug-likeness (QED) is 0.574. The fourth-order valence-corrected chi connectivity index (χ4v) is 2.08. The van der Waals surface area contributed by atoms with Crippen LogP contribution in [0.1, 0.15) is 32.1 Å². The fourth-order valence-electron chi connectivity index (χ4n) is 2.08. The van der Waals surface area contributed by atoms with Crippen molar-refractivity contribution in [2.45, 2.75) is 50.3 Å². The van der Waals surface area contributed by atoms with Crippen LogP contribution in [0.25, 0.3) is 0 Å². The number of hydrogen-bond donors (Lipinski definition) is 3. The van der Waals surface area contributed by atoms with Gasteiger partial charge in [0.1, 0.15) is 0 Å². The summed E-state index contributed by atoms with van der Waals surface area (Å²) >= 11 is 0. The largest absolute Gasteiger partial charge is 0.377 e. The number of amides is 1. The Morgan fingerprint density at radius 2 is 2.24 bits per heavy atom. The first kappa shape index (κ1) is 12.8. The number of rotatable bonds is 7. The van der Waals surface area contributed by atoms with Crippen molar-refractivity contribution in [3.63, 3.8) is 0 Å². The molecule has 1 heterocycles. The number of nitrogens with two attached hydrogens (primary N) is 1. The molecule has 2 atom stereocenters. The lowest BCUT2D eigenvalue weighted by Crippen LogP contribution is -2.43. The molecule has 2 aliphatic rings. The molecule has 5 heteroatoms. The smallest absolute Gasteiger partial charge is 0.221 e. The van der Waals surface area contributed by atoms with Crippen molar-refractivity contribution in [1.29, 1.82) is 0 Å². The zero-order valence-corrected chi connectivity index (χ0v) is 10.3. The van der Waals surface area contributed by atoms with Gasteiger partial charge in [0.25, 0.3) is 0 Å². The highest BCUT2D eigenvalue weighted by molar-refractivity contribution is 5.77. The van der Waals surface area contributed by atoms with E-state index in [0.717, 1.165) is 38.8 Å². The molecule has 0 spiro atoms. The molecule has 2 rings (SSSR count). The van der Waals surface area contributed by atoms with E-state index in [-0.39, 0.29) is 11.9 Å². The lowest BCUT2D eigenvalue weighted by molar-refractivity contribution is -0.121. The molecule has 17 heavy (non-hydrogen) atoms. The predicted octanol–water partition coefficient (Wildman–Crippen LogP) is -0.249. The van der Waals surface area contributed by atoms with Crippen LogP contribution in [0.5, 0.6) is 0 Å². The summed E-state index contributed by atoms with van der Waals surface area (Å²) in [5, 5.41) is 6.31. The van der Waals surface area contributed by atoms with Gasteiger partial charge >= 0.3 is 0 Å². The zero-order chi connectivity index (χ0) is 12.1. The summed E-state index contributed by atoms with van der Waals surface area (Å²) in [6, 6.07) is 0.497. The maximum absolute atomic E-state index is 11.6. The minimum absolute atomic E-state index is 0.0675. The molecular formula is C12H23N3O2. The Hall–Kier alpha value is -0.650. The van der Waals surface area contributed by atoms with Gasteiger partial charge in [0.2, 0.25) is 5.91 Å². The highest BCUT2D eigenvalue weighted by Gasteiger charge is 2.24. The summed E-state index contributed by atoms with van der Waals surface area (Å²) < 4.78 is 5.52. The second-order valence-electron chi connectivity index (χ2n) is 5.02. The SMILES string of the molecule is NCC(CC(=O)NC1CC1)NCC1CCCO1. The predicted molar refractivity (Wildman–Crippen MR) is 65.6 cm³/mol. The van der Waals surface area contributed by atoms with Crippen molar-refractivity contribution in [3.8, 4) is 0 Å². The lowest BCUT2D eigenvalue weighted by Gasteiger charge is -2.19. The molecule has 5 nitrogen and oxygen atoms in total. The van der Waals surface area contributed by atoms with Gasteiger partial charge in [-0.05, 0) is 25.7 Å². The normalized spacial score (nSPS) is 25.8. The topological polar surface area (TPSA) is 76.4 Å². The van der Waals surface area contributed by atoms with E-state index in [1.165, 1.54) is 0 Å². The molecule has 1 amide bonds. The Morgan fingerprint density at radius 3 is 2.82 bits per heavy atom. The van der Waals surface area contributed by atoms with E-state index in [1.807, 2.05) is 0 Å². The third-order valence-electron chi connectivity index (χ3n) is 3.32. The van der Waals surface area contributed by atoms with Crippen LogP contribution >= 0.6 is 0 Å². The average molecular weight is 241 g/mol. The molecule has 0 aromatic rings. The molecule has 0 aromatic carbocycles. The summed E-state index contributed by atoms with van der Waals surface area (Å²) in [7, 11) is 0. The third kappa shape index (κ3) is 4.61. The van der Waals surface area contributed by atoms with Crippen LogP contribution in [0.2, 0.25) is 0 Å². The molecule has 0 radical (unpaired) electrons. The minimum atomic E-state index is 0.0675. The molecule has 98 valence electrons. The first-order valence-electron chi connectivity index (χ1n) is 6.62. The Labute approximate surface area is 102 Å². The highest BCUT2D eigenvalue weighted by atomic mass is 16.5. The van der Waals surface area contributed by atoms with Gasteiger partial charge in [-0.2, -0.15) is 0 Å². The summed E-state index contributed by atoms with van der Waals surface area (Å²) in [6.45, 7) is 2.16. The minimum Gasteiger partial charge on any atom is -0.377 e. The Bertz CT molecular complexity index is 250. The van der Waals surface area contributed by atoms with Gasteiger partial charge in [-0.3, -0.25) is 4.79 Å². The zero-order valence-electron chi connectivity index (χ0n) is 10.3. The Balaban J connectivity index is 1.62. The van der Waals surface area contributed by atoms with Gasteiger partial charge in [0.05, 0.1) is 6.10 Å². The van der Waals surface area contributed by atoms with Gasteiger partial charge in [-0.15, -0.1) is 0 Å². The summed E-state index contributed by atoms with van der Waals surface area (Å²) in [4.78, 5) is 11.6. The monoisotopic (exact) mass is 241 g/mol. The molecule has 1 saturated heterocycles. The van der Waals surface area contributed by atoms with Gasteiger partial charge in [-0.25, -0.2) is 0 Å². The summed E-state index contributed by atoms with van der Waals surface area (Å²) in [6.07, 6.45) is 5.28. The molecule has 1 saturated carbocycles. The number of carbonyl (C=O) groups excluding carboxylic acids is 1. The van der Waals surface area contributed by atoms with Gasteiger partial charge in [-0.1, -0.05) is 0 Å². The first-order chi connectivity index (χ1) is 8.28. The second-order valence-corrected chi connectivity index (χ2v) is 5.02. The molecule has 1 aliphatic heterocycles. The van der Waals surface area contributed by atoms with Crippen LogP contribution in [-0.4, -0.2) is 43.8 Å². The maximum Gasteiger partial charge on any atom is 0.221 e. The summed E-state index contributed by atoms with van der Waals surface area (Å²) in [5.74, 6) is 0.114. The van der Waals surface area contributed by atoms with E-state index in [4.69, 9.17) is 10.5 Å². The van der Waals surface area contributed by atoms with Gasteiger partial charge < -0.3 is 21.1 Å². The van der Waals surface area contributed by atoms with E-state index in [9.17, 15) is 4.79 Å². The van der Waals surface area contributed by atoms with Crippen molar-refractivity contribution in [1.82, 2.24) is 10.6 Å². The number of nitrogens with one attached hydrogen (secondary N) is 2. The standard InChI is InChI=1S/C12H23N3O2/c13-7-10(6-12(16)15-9-3-4-9)14-8-11-2-1-5-17-11/h9-11,14H,1-8,13H2,(H,15,16). The van der Waals surface area contributed by atoms with Crippen molar-refractivity contribution >= 4 is 5.91 Å². The molecule has 2 unspecified atom stereocenters. The van der Waals surface area contributed by atoms with Crippen molar-refractivity contribution in [3.05, 3.63) is 0 Å². The van der Waals surface area contributed by atoms with E-state index >= 15 is 0 Å². The van der Waals surface area contributed by atoms with E-state index in [0.29, 0.717) is 25.1 Å². The molecule has 4 N–H and O–H groups in total. The highest BCUT2D eigenvalue weighted by Crippen LogP contribution is 2.18. The van der Waals surface area contributed by atoms with E-state index in [1.54, 1.807) is 0 Å².